The summed E-state index contributed by atoms with van der Waals surface area (Å²) in [5, 5.41) is 31.7. The van der Waals surface area contributed by atoms with E-state index in [0.717, 1.165) is 26.3 Å². The minimum absolute atomic E-state index is 0.0796. The predicted molar refractivity (Wildman–Crippen MR) is 142 cm³/mol. The summed E-state index contributed by atoms with van der Waals surface area (Å²) in [7, 11) is 1.94. The molecule has 1 fully saturated rings. The molecule has 0 saturated carbocycles. The zero-order valence-electron chi connectivity index (χ0n) is 24.0. The second-order valence-corrected chi connectivity index (χ2v) is 11.4. The molecule has 5 rings (SSSR count). The summed E-state index contributed by atoms with van der Waals surface area (Å²) in [6.07, 6.45) is -3.93. The number of likely N-dealkylation sites (tertiary alicyclic amines) is 1. The lowest BCUT2D eigenvalue weighted by Crippen LogP contribution is -2.74. The number of carbonyl (C=O) groups is 5. The van der Waals surface area contributed by atoms with Gasteiger partial charge in [-0.2, -0.15) is 0 Å². The number of rotatable bonds is 9. The number of hydrogen-bond acceptors (Lipinski definition) is 13. The molecule has 43 heavy (non-hydrogen) atoms. The van der Waals surface area contributed by atoms with Crippen molar-refractivity contribution in [1.82, 2.24) is 4.90 Å². The zero-order chi connectivity index (χ0) is 31.4. The number of benzene rings is 1. The van der Waals surface area contributed by atoms with E-state index in [-0.39, 0.29) is 29.7 Å². The van der Waals surface area contributed by atoms with Gasteiger partial charge in [0.15, 0.2) is 29.8 Å². The monoisotopic (exact) mass is 603 g/mol. The number of piperidine rings is 1. The number of phenolic OH excluding ortho intramolecular Hbond substituents is 1. The van der Waals surface area contributed by atoms with Crippen LogP contribution in [0.1, 0.15) is 51.2 Å². The lowest BCUT2D eigenvalue weighted by atomic mass is 9.50. The van der Waals surface area contributed by atoms with Gasteiger partial charge in [-0.25, -0.2) is 14.4 Å². The van der Waals surface area contributed by atoms with Crippen LogP contribution in [0.25, 0.3) is 0 Å². The summed E-state index contributed by atoms with van der Waals surface area (Å²) in [6, 6.07) is 3.09. The van der Waals surface area contributed by atoms with Crippen LogP contribution >= 0.6 is 0 Å². The first-order valence-electron chi connectivity index (χ1n) is 13.9. The molecular weight excluding hydrogens is 570 g/mol. The fourth-order valence-corrected chi connectivity index (χ4v) is 6.75. The van der Waals surface area contributed by atoms with E-state index in [2.05, 4.69) is 9.64 Å². The van der Waals surface area contributed by atoms with Crippen LogP contribution in [-0.4, -0.2) is 99.7 Å². The third-order valence-corrected chi connectivity index (χ3v) is 8.77. The summed E-state index contributed by atoms with van der Waals surface area (Å²) < 4.78 is 26.5. The van der Waals surface area contributed by atoms with Gasteiger partial charge in [-0.3, -0.25) is 9.59 Å². The fourth-order valence-electron chi connectivity index (χ4n) is 6.75. The molecule has 2 aliphatic heterocycles. The summed E-state index contributed by atoms with van der Waals surface area (Å²) in [5.74, 6) is -5.52. The number of esters is 4. The minimum Gasteiger partial charge on any atom is -0.504 e. The molecule has 2 aliphatic carbocycles. The van der Waals surface area contributed by atoms with Gasteiger partial charge < -0.3 is 43.9 Å². The van der Waals surface area contributed by atoms with E-state index >= 15 is 0 Å². The summed E-state index contributed by atoms with van der Waals surface area (Å²) in [5.41, 5.74) is -0.662. The molecule has 7 atom stereocenters. The SMILES string of the molecule is CC(=O)O[C@@H](CC(=O)OC1=CC[C@@]2(O)[C@@H]3Cc4ccc(O)c5c4[C@@]2(CCN3C)[C@H]1O5)C(=O)O[C@@H](C)C(=O)O[C@@H](C)C(=O)O. The third kappa shape index (κ3) is 4.87. The topological polar surface area (TPSA) is 195 Å². The summed E-state index contributed by atoms with van der Waals surface area (Å²) >= 11 is 0. The van der Waals surface area contributed by atoms with Gasteiger partial charge in [-0.05, 0) is 58.0 Å². The Bertz CT molecular complexity index is 1420. The molecular formula is C29H33NO13. The van der Waals surface area contributed by atoms with Crippen LogP contribution in [0.2, 0.25) is 0 Å². The summed E-state index contributed by atoms with van der Waals surface area (Å²) in [4.78, 5) is 62.8. The van der Waals surface area contributed by atoms with E-state index in [0.29, 0.717) is 24.9 Å². The van der Waals surface area contributed by atoms with Crippen LogP contribution < -0.4 is 4.74 Å². The molecule has 0 unspecified atom stereocenters. The zero-order valence-corrected chi connectivity index (χ0v) is 24.0. The van der Waals surface area contributed by atoms with Gasteiger partial charge in [0.1, 0.15) is 5.76 Å². The number of aliphatic hydroxyl groups is 1. The number of aliphatic carboxylic acids is 1. The van der Waals surface area contributed by atoms with Crippen LogP contribution in [0.3, 0.4) is 0 Å². The molecule has 3 N–H and O–H groups in total. The molecule has 0 amide bonds. The Morgan fingerprint density at radius 1 is 1.09 bits per heavy atom. The summed E-state index contributed by atoms with van der Waals surface area (Å²) in [6.45, 7) is 3.87. The van der Waals surface area contributed by atoms with Crippen molar-refractivity contribution in [3.8, 4) is 11.5 Å². The van der Waals surface area contributed by atoms with Crippen LogP contribution in [0.4, 0.5) is 0 Å². The van der Waals surface area contributed by atoms with Crippen molar-refractivity contribution in [1.29, 1.82) is 0 Å². The number of carboxylic acid groups (broad SMARTS) is 1. The van der Waals surface area contributed by atoms with E-state index in [9.17, 15) is 34.2 Å². The van der Waals surface area contributed by atoms with E-state index in [1.54, 1.807) is 6.08 Å². The molecule has 0 aromatic heterocycles. The smallest absolute Gasteiger partial charge is 0.348 e. The van der Waals surface area contributed by atoms with E-state index in [1.807, 2.05) is 13.1 Å². The van der Waals surface area contributed by atoms with Gasteiger partial charge in [0.05, 0.1) is 17.4 Å². The maximum Gasteiger partial charge on any atom is 0.348 e. The third-order valence-electron chi connectivity index (χ3n) is 8.77. The Labute approximate surface area is 246 Å². The fraction of sp³-hybridized carbons (Fsp3) is 0.552. The van der Waals surface area contributed by atoms with E-state index < -0.39 is 71.7 Å². The number of likely N-dealkylation sites (N-methyl/N-ethyl adjacent to an activating group) is 1. The van der Waals surface area contributed by atoms with Gasteiger partial charge in [0.25, 0.3) is 0 Å². The highest BCUT2D eigenvalue weighted by molar-refractivity contribution is 5.87. The van der Waals surface area contributed by atoms with Crippen LogP contribution in [0, 0.1) is 0 Å². The number of nitrogens with zero attached hydrogens (tertiary/aromatic N) is 1. The number of aromatic hydroxyl groups is 1. The molecule has 232 valence electrons. The Balaban J connectivity index is 1.34. The Morgan fingerprint density at radius 3 is 2.47 bits per heavy atom. The van der Waals surface area contributed by atoms with Crippen LogP contribution in [0.5, 0.6) is 11.5 Å². The molecule has 4 aliphatic rings. The Hall–Kier alpha value is -4.17. The normalized spacial score (nSPS) is 28.6. The van der Waals surface area contributed by atoms with Crippen molar-refractivity contribution >= 4 is 29.8 Å². The molecule has 1 saturated heterocycles. The second kappa shape index (κ2) is 10.8. The van der Waals surface area contributed by atoms with Gasteiger partial charge in [-0.1, -0.05) is 6.07 Å². The van der Waals surface area contributed by atoms with Crippen LogP contribution in [-0.2, 0) is 54.8 Å². The van der Waals surface area contributed by atoms with Crippen molar-refractivity contribution in [2.45, 2.75) is 87.9 Å². The lowest BCUT2D eigenvalue weighted by molar-refractivity contribution is -0.183. The van der Waals surface area contributed by atoms with Gasteiger partial charge in [0, 0.05) is 24.9 Å². The Morgan fingerprint density at radius 2 is 1.79 bits per heavy atom. The second-order valence-electron chi connectivity index (χ2n) is 11.4. The Kier molecular flexibility index (Phi) is 7.63. The predicted octanol–water partition coefficient (Wildman–Crippen LogP) is 0.483. The van der Waals surface area contributed by atoms with Gasteiger partial charge in [0.2, 0.25) is 6.10 Å². The largest absolute Gasteiger partial charge is 0.504 e. The van der Waals surface area contributed by atoms with E-state index in [4.69, 9.17) is 24.1 Å². The van der Waals surface area contributed by atoms with Crippen molar-refractivity contribution in [2.75, 3.05) is 13.6 Å². The maximum absolute atomic E-state index is 13.1. The molecule has 1 aromatic rings. The molecule has 14 heteroatoms. The van der Waals surface area contributed by atoms with Crippen molar-refractivity contribution in [3.05, 3.63) is 35.1 Å². The first-order valence-corrected chi connectivity index (χ1v) is 13.9. The van der Waals surface area contributed by atoms with Crippen molar-refractivity contribution in [2.24, 2.45) is 0 Å². The molecule has 1 spiro atoms. The maximum atomic E-state index is 13.1. The highest BCUT2D eigenvalue weighted by atomic mass is 16.6. The standard InChI is InChI=1S/C29H33NO13/c1-13(25(34)35)39-26(36)14(2)40-27(37)19(41-15(3)31)12-21(33)42-18-7-8-29(38)20-11-16-5-6-17(32)23-22(16)28(29,24(18)43-23)9-10-30(20)4/h5-7,13-14,19-20,24,32,38H,8-12H2,1-4H3,(H,34,35)/t13-,14-,19-,20-,24-,28-,29+/m0/s1. The number of carbonyl (C=O) groups excluding carboxylic acids is 4. The molecule has 2 heterocycles. The number of carboxylic acids is 1. The highest BCUT2D eigenvalue weighted by Crippen LogP contribution is 2.65. The average Bonchev–Trinajstić information content (AvgIpc) is 3.29. The average molecular weight is 604 g/mol. The number of ether oxygens (including phenoxy) is 5. The lowest BCUT2D eigenvalue weighted by Gasteiger charge is -2.61. The van der Waals surface area contributed by atoms with Crippen LogP contribution in [0.15, 0.2) is 24.0 Å². The first-order chi connectivity index (χ1) is 20.2. The molecule has 14 nitrogen and oxygen atoms in total. The molecule has 0 radical (unpaired) electrons. The quantitative estimate of drug-likeness (QED) is 0.260. The minimum atomic E-state index is -1.80. The molecule has 1 aromatic carbocycles. The van der Waals surface area contributed by atoms with Gasteiger partial charge >= 0.3 is 29.8 Å². The van der Waals surface area contributed by atoms with Crippen molar-refractivity contribution < 1.29 is 63.0 Å². The number of phenols is 1. The number of hydrogen-bond donors (Lipinski definition) is 3. The van der Waals surface area contributed by atoms with Gasteiger partial charge in [-0.15, -0.1) is 0 Å². The van der Waals surface area contributed by atoms with Crippen molar-refractivity contribution in [3.63, 3.8) is 0 Å². The highest BCUT2D eigenvalue weighted by Gasteiger charge is 2.72. The van der Waals surface area contributed by atoms with E-state index in [1.165, 1.54) is 6.07 Å². The molecule has 2 bridgehead atoms. The first kappa shape index (κ1) is 30.3.